The largest absolute Gasteiger partial charge is 0.464 e. The van der Waals surface area contributed by atoms with Gasteiger partial charge in [0, 0.05) is 19.2 Å². The summed E-state index contributed by atoms with van der Waals surface area (Å²) < 4.78 is 5.65. The maximum atomic E-state index is 5.65. The first-order valence-corrected chi connectivity index (χ1v) is 7.38. The molecule has 2 aromatic heterocycles. The molecule has 0 aromatic carbocycles. The Morgan fingerprint density at radius 1 is 1.29 bits per heavy atom. The van der Waals surface area contributed by atoms with Gasteiger partial charge in [0.2, 0.25) is 0 Å². The number of hydrogen-bond acceptors (Lipinski definition) is 5. The third-order valence-corrected chi connectivity index (χ3v) is 3.34. The van der Waals surface area contributed by atoms with Crippen molar-refractivity contribution in [2.45, 2.75) is 40.2 Å². The fourth-order valence-electron chi connectivity index (χ4n) is 2.41. The maximum absolute atomic E-state index is 5.65. The van der Waals surface area contributed by atoms with Crippen LogP contribution in [0, 0.1) is 6.92 Å². The topological polar surface area (TPSA) is 54.2 Å². The van der Waals surface area contributed by atoms with Crippen LogP contribution in [0.15, 0.2) is 22.9 Å². The normalized spacial score (nSPS) is 11.0. The highest BCUT2D eigenvalue weighted by atomic mass is 16.3. The van der Waals surface area contributed by atoms with Crippen LogP contribution in [0.1, 0.15) is 43.8 Å². The fraction of sp³-hybridized carbons (Fsp3) is 0.500. The lowest BCUT2D eigenvalue weighted by Gasteiger charge is -2.23. The van der Waals surface area contributed by atoms with Crippen LogP contribution in [0.25, 0.3) is 0 Å². The molecule has 5 nitrogen and oxygen atoms in total. The van der Waals surface area contributed by atoms with Crippen molar-refractivity contribution in [1.82, 2.24) is 9.97 Å². The van der Waals surface area contributed by atoms with Crippen molar-refractivity contribution in [3.8, 4) is 0 Å². The summed E-state index contributed by atoms with van der Waals surface area (Å²) in [5, 5.41) is 3.32. The highest BCUT2D eigenvalue weighted by Gasteiger charge is 2.18. The van der Waals surface area contributed by atoms with Crippen LogP contribution in [0.2, 0.25) is 0 Å². The molecule has 0 amide bonds. The van der Waals surface area contributed by atoms with Gasteiger partial charge in [-0.15, -0.1) is 0 Å². The number of anilines is 2. The number of aromatic nitrogens is 2. The van der Waals surface area contributed by atoms with E-state index in [4.69, 9.17) is 4.42 Å². The zero-order valence-corrected chi connectivity index (χ0v) is 13.5. The fourth-order valence-corrected chi connectivity index (χ4v) is 2.41. The summed E-state index contributed by atoms with van der Waals surface area (Å²) in [6, 6.07) is 3.99. The minimum Gasteiger partial charge on any atom is -0.464 e. The highest BCUT2D eigenvalue weighted by Crippen LogP contribution is 2.30. The van der Waals surface area contributed by atoms with E-state index in [1.54, 1.807) is 6.33 Å². The Morgan fingerprint density at radius 2 is 2.05 bits per heavy atom. The van der Waals surface area contributed by atoms with Gasteiger partial charge in [0.05, 0.1) is 6.54 Å². The molecule has 1 N–H and O–H groups in total. The molecule has 0 saturated heterocycles. The van der Waals surface area contributed by atoms with Gasteiger partial charge in [-0.1, -0.05) is 13.8 Å². The third-order valence-electron chi connectivity index (χ3n) is 3.34. The number of aryl methyl sites for hydroxylation is 1. The summed E-state index contributed by atoms with van der Waals surface area (Å²) in [6.45, 7) is 9.88. The molecule has 0 fully saturated rings. The molecule has 0 aliphatic heterocycles. The van der Waals surface area contributed by atoms with Gasteiger partial charge in [-0.3, -0.25) is 0 Å². The molecule has 0 unspecified atom stereocenters. The lowest BCUT2D eigenvalue weighted by atomic mass is 10.0. The van der Waals surface area contributed by atoms with E-state index >= 15 is 0 Å². The van der Waals surface area contributed by atoms with E-state index in [0.29, 0.717) is 12.5 Å². The Hall–Kier alpha value is -2.04. The monoisotopic (exact) mass is 288 g/mol. The molecule has 5 heteroatoms. The number of nitrogens with zero attached hydrogens (tertiary/aromatic N) is 3. The van der Waals surface area contributed by atoms with Gasteiger partial charge in [0.1, 0.15) is 29.5 Å². The molecule has 0 aliphatic rings. The highest BCUT2D eigenvalue weighted by molar-refractivity contribution is 5.60. The molecule has 0 aliphatic carbocycles. The van der Waals surface area contributed by atoms with Crippen molar-refractivity contribution >= 4 is 11.6 Å². The minimum atomic E-state index is 0.344. The van der Waals surface area contributed by atoms with Gasteiger partial charge >= 0.3 is 0 Å². The maximum Gasteiger partial charge on any atom is 0.137 e. The Bertz CT molecular complexity index is 592. The van der Waals surface area contributed by atoms with Crippen molar-refractivity contribution in [3.63, 3.8) is 0 Å². The Kier molecular flexibility index (Phi) is 4.83. The van der Waals surface area contributed by atoms with Crippen molar-refractivity contribution in [1.29, 1.82) is 0 Å². The van der Waals surface area contributed by atoms with E-state index in [1.165, 1.54) is 0 Å². The molecule has 0 radical (unpaired) electrons. The molecule has 114 valence electrons. The van der Waals surface area contributed by atoms with Gasteiger partial charge in [0.15, 0.2) is 0 Å². The van der Waals surface area contributed by atoms with Crippen molar-refractivity contribution in [2.24, 2.45) is 0 Å². The van der Waals surface area contributed by atoms with E-state index in [2.05, 4.69) is 41.0 Å². The van der Waals surface area contributed by atoms with E-state index in [9.17, 15) is 0 Å². The quantitative estimate of drug-likeness (QED) is 0.880. The van der Waals surface area contributed by atoms with Gasteiger partial charge in [0.25, 0.3) is 0 Å². The second-order valence-electron chi connectivity index (χ2n) is 5.51. The van der Waals surface area contributed by atoms with Gasteiger partial charge in [-0.05, 0) is 31.9 Å². The summed E-state index contributed by atoms with van der Waals surface area (Å²) in [4.78, 5) is 11.0. The molecular formula is C16H24N4O. The van der Waals surface area contributed by atoms with Crippen LogP contribution in [0.3, 0.4) is 0 Å². The van der Waals surface area contributed by atoms with Gasteiger partial charge in [-0.2, -0.15) is 0 Å². The third kappa shape index (κ3) is 3.54. The molecule has 21 heavy (non-hydrogen) atoms. The SMILES string of the molecule is CCNc1ncnc(N(C)Cc2ccc(C)o2)c1C(C)C. The first-order valence-electron chi connectivity index (χ1n) is 7.38. The standard InChI is InChI=1S/C16H24N4O/c1-6-17-15-14(11(2)3)16(19-10-18-15)20(5)9-13-8-7-12(4)21-13/h7-8,10-11H,6,9H2,1-5H3,(H,17,18,19). The zero-order chi connectivity index (χ0) is 15.4. The molecule has 0 atom stereocenters. The Morgan fingerprint density at radius 3 is 2.62 bits per heavy atom. The van der Waals surface area contributed by atoms with Crippen LogP contribution >= 0.6 is 0 Å². The lowest BCUT2D eigenvalue weighted by molar-refractivity contribution is 0.481. The molecule has 0 bridgehead atoms. The predicted molar refractivity (Wildman–Crippen MR) is 85.8 cm³/mol. The van der Waals surface area contributed by atoms with Crippen LogP contribution in [0.4, 0.5) is 11.6 Å². The van der Waals surface area contributed by atoms with Crippen LogP contribution in [0.5, 0.6) is 0 Å². The van der Waals surface area contributed by atoms with E-state index in [0.717, 1.165) is 35.3 Å². The molecule has 2 rings (SSSR count). The zero-order valence-electron chi connectivity index (χ0n) is 13.5. The minimum absolute atomic E-state index is 0.344. The molecule has 0 saturated carbocycles. The van der Waals surface area contributed by atoms with Crippen molar-refractivity contribution in [3.05, 3.63) is 35.5 Å². The lowest BCUT2D eigenvalue weighted by Crippen LogP contribution is -2.21. The smallest absolute Gasteiger partial charge is 0.137 e. The van der Waals surface area contributed by atoms with Crippen LogP contribution < -0.4 is 10.2 Å². The number of furan rings is 1. The number of rotatable bonds is 6. The summed E-state index contributed by atoms with van der Waals surface area (Å²) in [5.74, 6) is 4.08. The first-order chi connectivity index (χ1) is 10.0. The Labute approximate surface area is 126 Å². The summed E-state index contributed by atoms with van der Waals surface area (Å²) >= 11 is 0. The predicted octanol–water partition coefficient (Wildman–Crippen LogP) is 3.57. The summed E-state index contributed by atoms with van der Waals surface area (Å²) in [6.07, 6.45) is 1.61. The van der Waals surface area contributed by atoms with E-state index in [-0.39, 0.29) is 0 Å². The summed E-state index contributed by atoms with van der Waals surface area (Å²) in [5.41, 5.74) is 1.14. The molecule has 2 aromatic rings. The van der Waals surface area contributed by atoms with Crippen molar-refractivity contribution in [2.75, 3.05) is 23.8 Å². The first kappa shape index (κ1) is 15.4. The van der Waals surface area contributed by atoms with E-state index in [1.807, 2.05) is 26.1 Å². The second kappa shape index (κ2) is 6.61. The molecule has 2 heterocycles. The van der Waals surface area contributed by atoms with Gasteiger partial charge in [-0.25, -0.2) is 9.97 Å². The summed E-state index contributed by atoms with van der Waals surface area (Å²) in [7, 11) is 2.03. The molecular weight excluding hydrogens is 264 g/mol. The second-order valence-corrected chi connectivity index (χ2v) is 5.51. The average Bonchev–Trinajstić information content (AvgIpc) is 2.84. The van der Waals surface area contributed by atoms with Crippen molar-refractivity contribution < 1.29 is 4.42 Å². The average molecular weight is 288 g/mol. The van der Waals surface area contributed by atoms with Crippen LogP contribution in [-0.2, 0) is 6.54 Å². The molecule has 0 spiro atoms. The van der Waals surface area contributed by atoms with Crippen LogP contribution in [-0.4, -0.2) is 23.6 Å². The van der Waals surface area contributed by atoms with E-state index < -0.39 is 0 Å². The Balaban J connectivity index is 2.31. The van der Waals surface area contributed by atoms with Gasteiger partial charge < -0.3 is 14.6 Å². The number of nitrogens with one attached hydrogen (secondary N) is 1. The number of hydrogen-bond donors (Lipinski definition) is 1.